The minimum absolute atomic E-state index is 0.0980. The third kappa shape index (κ3) is 5.70. The van der Waals surface area contributed by atoms with Gasteiger partial charge >= 0.3 is 5.97 Å². The highest BCUT2D eigenvalue weighted by Crippen LogP contribution is 2.41. The fraction of sp³-hybridized carbons (Fsp3) is 0.579. The molecule has 1 aromatic rings. The van der Waals surface area contributed by atoms with Gasteiger partial charge in [0, 0.05) is 19.1 Å². The lowest BCUT2D eigenvalue weighted by Crippen LogP contribution is -2.66. The lowest BCUT2D eigenvalue weighted by molar-refractivity contribution is -0.205. The van der Waals surface area contributed by atoms with Crippen molar-refractivity contribution in [1.29, 1.82) is 0 Å². The average Bonchev–Trinajstić information content (AvgIpc) is 2.72. The zero-order valence-electron chi connectivity index (χ0n) is 16.3. The Kier molecular flexibility index (Phi) is 8.62. The SMILES string of the molecule is CC(=O)N[C@H]1[C@H]([C@@H](O)[C@H](O)CO)O[C@@](SC[C@H](O)c2ccccc2)(C(=O)O)C[C@@H]1O. The maximum atomic E-state index is 12.1. The van der Waals surface area contributed by atoms with Gasteiger partial charge < -0.3 is 40.7 Å². The number of aliphatic hydroxyl groups excluding tert-OH is 5. The van der Waals surface area contributed by atoms with Gasteiger partial charge in [-0.2, -0.15) is 0 Å². The Labute approximate surface area is 177 Å². The van der Waals surface area contributed by atoms with E-state index >= 15 is 0 Å². The standard InChI is InChI=1S/C19H27NO9S/c1-10(22)20-15-12(23)7-19(18(27)28,29-17(15)16(26)13(24)8-21)30-9-14(25)11-5-3-2-4-6-11/h2-6,12-17,21,23-26H,7-9H2,1H3,(H,20,22)(H,27,28)/t12-,13+,14-,15+,16-,17+,19-/m0/s1. The van der Waals surface area contributed by atoms with Gasteiger partial charge in [-0.1, -0.05) is 30.3 Å². The molecule has 0 aromatic heterocycles. The van der Waals surface area contributed by atoms with E-state index in [0.29, 0.717) is 5.56 Å². The highest BCUT2D eigenvalue weighted by atomic mass is 32.2. The van der Waals surface area contributed by atoms with Gasteiger partial charge in [-0.15, -0.1) is 11.8 Å². The molecule has 0 unspecified atom stereocenters. The Bertz CT molecular complexity index is 721. The van der Waals surface area contributed by atoms with Crippen molar-refractivity contribution < 1.29 is 45.0 Å². The van der Waals surface area contributed by atoms with Crippen molar-refractivity contribution in [3.8, 4) is 0 Å². The molecule has 2 rings (SSSR count). The number of carboxylic acids is 1. The number of carboxylic acid groups (broad SMARTS) is 1. The van der Waals surface area contributed by atoms with Crippen LogP contribution >= 0.6 is 11.8 Å². The van der Waals surface area contributed by atoms with E-state index in [1.807, 2.05) is 0 Å². The van der Waals surface area contributed by atoms with E-state index < -0.39 is 66.4 Å². The van der Waals surface area contributed by atoms with Crippen LogP contribution in [0.15, 0.2) is 30.3 Å². The number of nitrogens with one attached hydrogen (secondary N) is 1. The quantitative estimate of drug-likeness (QED) is 0.239. The number of ether oxygens (including phenoxy) is 1. The zero-order chi connectivity index (χ0) is 22.5. The maximum Gasteiger partial charge on any atom is 0.346 e. The first-order valence-electron chi connectivity index (χ1n) is 9.31. The van der Waals surface area contributed by atoms with Gasteiger partial charge in [0.2, 0.25) is 10.8 Å². The first kappa shape index (κ1) is 24.5. The van der Waals surface area contributed by atoms with Crippen molar-refractivity contribution in [2.45, 2.75) is 54.8 Å². The molecule has 1 amide bonds. The molecule has 0 aliphatic carbocycles. The topological polar surface area (TPSA) is 177 Å². The van der Waals surface area contributed by atoms with Gasteiger partial charge in [-0.25, -0.2) is 4.79 Å². The molecule has 30 heavy (non-hydrogen) atoms. The second-order valence-corrected chi connectivity index (χ2v) is 8.40. The summed E-state index contributed by atoms with van der Waals surface area (Å²) in [5.74, 6) is -2.11. The highest BCUT2D eigenvalue weighted by Gasteiger charge is 2.55. The Morgan fingerprint density at radius 2 is 1.90 bits per heavy atom. The molecule has 7 N–H and O–H groups in total. The molecular weight excluding hydrogens is 418 g/mol. The van der Waals surface area contributed by atoms with Crippen molar-refractivity contribution >= 4 is 23.6 Å². The second kappa shape index (κ2) is 10.5. The molecule has 1 aliphatic rings. The number of thioether (sulfide) groups is 1. The summed E-state index contributed by atoms with van der Waals surface area (Å²) in [6.07, 6.45) is -7.92. The predicted octanol–water partition coefficient (Wildman–Crippen LogP) is -1.40. The van der Waals surface area contributed by atoms with E-state index in [0.717, 1.165) is 11.8 Å². The molecule has 0 bridgehead atoms. The Hall–Kier alpha value is -1.73. The van der Waals surface area contributed by atoms with Gasteiger partial charge in [0.1, 0.15) is 18.3 Å². The molecule has 1 aliphatic heterocycles. The molecule has 11 heteroatoms. The van der Waals surface area contributed by atoms with Gasteiger partial charge in [0.15, 0.2) is 0 Å². The summed E-state index contributed by atoms with van der Waals surface area (Å²) in [6.45, 7) is 0.326. The number of aliphatic carboxylic acids is 1. The summed E-state index contributed by atoms with van der Waals surface area (Å²) in [5, 5.41) is 62.5. The molecule has 10 nitrogen and oxygen atoms in total. The van der Waals surface area contributed by atoms with Crippen LogP contribution in [0.2, 0.25) is 0 Å². The van der Waals surface area contributed by atoms with Crippen molar-refractivity contribution in [2.75, 3.05) is 12.4 Å². The van der Waals surface area contributed by atoms with E-state index in [4.69, 9.17) is 9.84 Å². The van der Waals surface area contributed by atoms with Crippen LogP contribution in [0.1, 0.15) is 25.0 Å². The van der Waals surface area contributed by atoms with Crippen LogP contribution in [-0.2, 0) is 14.3 Å². The number of hydrogen-bond acceptors (Lipinski definition) is 9. The van der Waals surface area contributed by atoms with Crippen LogP contribution in [0.3, 0.4) is 0 Å². The van der Waals surface area contributed by atoms with Crippen LogP contribution in [0, 0.1) is 0 Å². The number of carbonyl (C=O) groups excluding carboxylic acids is 1. The second-order valence-electron chi connectivity index (χ2n) is 7.12. The van der Waals surface area contributed by atoms with Gasteiger partial charge in [0.25, 0.3) is 0 Å². The van der Waals surface area contributed by atoms with Gasteiger partial charge in [-0.05, 0) is 5.56 Å². The van der Waals surface area contributed by atoms with Crippen molar-refractivity contribution in [3.63, 3.8) is 0 Å². The molecule has 168 valence electrons. The van der Waals surface area contributed by atoms with Crippen molar-refractivity contribution in [3.05, 3.63) is 35.9 Å². The van der Waals surface area contributed by atoms with Crippen molar-refractivity contribution in [2.24, 2.45) is 0 Å². The van der Waals surface area contributed by atoms with E-state index in [1.165, 1.54) is 6.92 Å². The smallest absolute Gasteiger partial charge is 0.346 e. The number of carbonyl (C=O) groups is 2. The van der Waals surface area contributed by atoms with E-state index in [1.54, 1.807) is 30.3 Å². The maximum absolute atomic E-state index is 12.1. The van der Waals surface area contributed by atoms with E-state index in [9.17, 15) is 35.1 Å². The third-order valence-corrected chi connectivity index (χ3v) is 6.23. The third-order valence-electron chi connectivity index (χ3n) is 4.85. The van der Waals surface area contributed by atoms with Crippen LogP contribution in [-0.4, -0.2) is 90.3 Å². The van der Waals surface area contributed by atoms with Crippen LogP contribution in [0.5, 0.6) is 0 Å². The lowest BCUT2D eigenvalue weighted by atomic mass is 9.90. The van der Waals surface area contributed by atoms with Crippen LogP contribution in [0.4, 0.5) is 0 Å². The van der Waals surface area contributed by atoms with Crippen LogP contribution in [0.25, 0.3) is 0 Å². The highest BCUT2D eigenvalue weighted by molar-refractivity contribution is 8.01. The molecule has 1 aromatic carbocycles. The molecule has 0 saturated carbocycles. The molecular formula is C19H27NO9S. The Balaban J connectivity index is 2.27. The molecule has 1 heterocycles. The van der Waals surface area contributed by atoms with Gasteiger partial charge in [-0.3, -0.25) is 4.79 Å². The minimum atomic E-state index is -2.06. The summed E-state index contributed by atoms with van der Waals surface area (Å²) >= 11 is 0.721. The average molecular weight is 445 g/mol. The summed E-state index contributed by atoms with van der Waals surface area (Å²) in [4.78, 5) is 21.5. The number of amides is 1. The number of rotatable bonds is 9. The first-order valence-corrected chi connectivity index (χ1v) is 10.3. The predicted molar refractivity (Wildman–Crippen MR) is 106 cm³/mol. The summed E-state index contributed by atoms with van der Waals surface area (Å²) in [5.41, 5.74) is 0.560. The molecule has 1 saturated heterocycles. The fourth-order valence-corrected chi connectivity index (χ4v) is 4.47. The fourth-order valence-electron chi connectivity index (χ4n) is 3.26. The Morgan fingerprint density at radius 1 is 1.27 bits per heavy atom. The monoisotopic (exact) mass is 445 g/mol. The summed E-state index contributed by atoms with van der Waals surface area (Å²) in [7, 11) is 0. The lowest BCUT2D eigenvalue weighted by Gasteiger charge is -2.46. The van der Waals surface area contributed by atoms with Crippen LogP contribution < -0.4 is 5.32 Å². The van der Waals surface area contributed by atoms with E-state index in [-0.39, 0.29) is 5.75 Å². The molecule has 1 fully saturated rings. The molecule has 0 spiro atoms. The largest absolute Gasteiger partial charge is 0.478 e. The normalized spacial score (nSPS) is 29.6. The number of aliphatic hydroxyl groups is 5. The van der Waals surface area contributed by atoms with Crippen molar-refractivity contribution in [1.82, 2.24) is 5.32 Å². The molecule has 7 atom stereocenters. The zero-order valence-corrected chi connectivity index (χ0v) is 17.1. The Morgan fingerprint density at radius 3 is 2.43 bits per heavy atom. The summed E-state index contributed by atoms with van der Waals surface area (Å²) < 4.78 is 5.65. The molecule has 0 radical (unpaired) electrons. The number of hydrogen-bond donors (Lipinski definition) is 7. The minimum Gasteiger partial charge on any atom is -0.478 e. The van der Waals surface area contributed by atoms with Gasteiger partial charge in [0.05, 0.1) is 24.9 Å². The number of benzene rings is 1. The first-order chi connectivity index (χ1) is 14.1. The van der Waals surface area contributed by atoms with E-state index in [2.05, 4.69) is 5.32 Å². The summed E-state index contributed by atoms with van der Waals surface area (Å²) in [6, 6.07) is 7.34.